The molecule has 3 rings (SSSR count). The Labute approximate surface area is 210 Å². The van der Waals surface area contributed by atoms with Crippen LogP contribution in [0.5, 0.6) is 5.75 Å². The highest BCUT2D eigenvalue weighted by molar-refractivity contribution is 6.06. The van der Waals surface area contributed by atoms with Gasteiger partial charge in [0.15, 0.2) is 0 Å². The third-order valence-electron chi connectivity index (χ3n) is 6.78. The molecule has 190 valence electrons. The van der Waals surface area contributed by atoms with Crippen LogP contribution in [0.3, 0.4) is 0 Å². The van der Waals surface area contributed by atoms with E-state index in [1.807, 2.05) is 18.2 Å². The fourth-order valence-electron chi connectivity index (χ4n) is 4.50. The minimum absolute atomic E-state index is 0.235. The fraction of sp³-hybridized carbons (Fsp3) is 0.517. The van der Waals surface area contributed by atoms with Crippen LogP contribution in [-0.2, 0) is 4.74 Å². The van der Waals surface area contributed by atoms with E-state index in [4.69, 9.17) is 9.47 Å². The van der Waals surface area contributed by atoms with Crippen molar-refractivity contribution in [1.82, 2.24) is 0 Å². The molecule has 6 heteroatoms. The molecule has 0 bridgehead atoms. The van der Waals surface area contributed by atoms with E-state index in [2.05, 4.69) is 19.3 Å². The number of amides is 1. The van der Waals surface area contributed by atoms with Gasteiger partial charge in [0.05, 0.1) is 37.9 Å². The van der Waals surface area contributed by atoms with Crippen LogP contribution in [0.25, 0.3) is 0 Å². The van der Waals surface area contributed by atoms with Gasteiger partial charge in [0.2, 0.25) is 0 Å². The van der Waals surface area contributed by atoms with E-state index in [0.29, 0.717) is 35.8 Å². The molecule has 1 aliphatic heterocycles. The Hall–Kier alpha value is -2.86. The van der Waals surface area contributed by atoms with Crippen LogP contribution in [0.1, 0.15) is 79.0 Å². The molecular formula is C29H41N2O4+. The summed E-state index contributed by atoms with van der Waals surface area (Å²) in [5.74, 6) is 0.0247. The highest BCUT2D eigenvalue weighted by Crippen LogP contribution is 2.21. The number of likely N-dealkylation sites (N-methyl/N-ethyl adjacent to an activating group) is 1. The summed E-state index contributed by atoms with van der Waals surface area (Å²) in [6.45, 7) is 6.39. The molecule has 6 nitrogen and oxygen atoms in total. The maximum Gasteiger partial charge on any atom is 0.338 e. The topological polar surface area (TPSA) is 64.6 Å². The standard InChI is InChI=1S/C29H40N2O4/c1-3-4-5-6-7-12-22-34-27-14-9-8-13-26(27)28(32)30-25-17-15-24(16-18-25)29(33)35-23-21-31(2)19-10-11-20-31/h8-9,13-18H,3-7,10-12,19-23H2,1-2H3/p+1. The lowest BCUT2D eigenvalue weighted by Gasteiger charge is -2.28. The third kappa shape index (κ3) is 8.70. The molecule has 2 aromatic rings. The molecule has 0 aromatic heterocycles. The van der Waals surface area contributed by atoms with Crippen molar-refractivity contribution in [2.75, 3.05) is 45.2 Å². The van der Waals surface area contributed by atoms with Gasteiger partial charge in [-0.2, -0.15) is 0 Å². The van der Waals surface area contributed by atoms with E-state index in [0.717, 1.165) is 37.0 Å². The number of carbonyl (C=O) groups excluding carboxylic acids is 2. The Morgan fingerprint density at radius 3 is 2.31 bits per heavy atom. The number of anilines is 1. The molecule has 1 N–H and O–H groups in total. The van der Waals surface area contributed by atoms with Gasteiger partial charge in [-0.05, 0) is 42.8 Å². The Bertz CT molecular complexity index is 936. The van der Waals surface area contributed by atoms with Crippen molar-refractivity contribution in [1.29, 1.82) is 0 Å². The Morgan fingerprint density at radius 1 is 0.886 bits per heavy atom. The zero-order valence-corrected chi connectivity index (χ0v) is 21.4. The number of hydrogen-bond acceptors (Lipinski definition) is 4. The molecule has 35 heavy (non-hydrogen) atoms. The SMILES string of the molecule is CCCCCCCCOc1ccccc1C(=O)Nc1ccc(C(=O)OCC[N+]2(C)CCCC2)cc1. The maximum atomic E-state index is 12.9. The molecule has 1 fully saturated rings. The fourth-order valence-corrected chi connectivity index (χ4v) is 4.50. The summed E-state index contributed by atoms with van der Waals surface area (Å²) < 4.78 is 12.4. The Balaban J connectivity index is 1.46. The summed E-state index contributed by atoms with van der Waals surface area (Å²) in [4.78, 5) is 25.3. The van der Waals surface area contributed by atoms with E-state index in [9.17, 15) is 9.59 Å². The van der Waals surface area contributed by atoms with Crippen molar-refractivity contribution in [2.24, 2.45) is 0 Å². The number of benzene rings is 2. The average molecular weight is 482 g/mol. The second-order valence-corrected chi connectivity index (χ2v) is 9.78. The first kappa shape index (κ1) is 26.7. The van der Waals surface area contributed by atoms with E-state index >= 15 is 0 Å². The zero-order chi connectivity index (χ0) is 24.9. The number of likely N-dealkylation sites (tertiary alicyclic amines) is 1. The molecule has 0 radical (unpaired) electrons. The van der Waals surface area contributed by atoms with Crippen molar-refractivity contribution in [2.45, 2.75) is 58.3 Å². The Kier molecular flexibility index (Phi) is 10.6. The highest BCUT2D eigenvalue weighted by atomic mass is 16.5. The summed E-state index contributed by atoms with van der Waals surface area (Å²) in [7, 11) is 2.22. The van der Waals surface area contributed by atoms with Gasteiger partial charge < -0.3 is 19.3 Å². The third-order valence-corrected chi connectivity index (χ3v) is 6.78. The van der Waals surface area contributed by atoms with Gasteiger partial charge in [0.25, 0.3) is 5.91 Å². The first-order valence-corrected chi connectivity index (χ1v) is 13.1. The van der Waals surface area contributed by atoms with Gasteiger partial charge in [-0.25, -0.2) is 4.79 Å². The lowest BCUT2D eigenvalue weighted by Crippen LogP contribution is -2.43. The van der Waals surface area contributed by atoms with E-state index in [1.165, 1.54) is 38.5 Å². The number of unbranched alkanes of at least 4 members (excludes halogenated alkanes) is 5. The molecule has 0 atom stereocenters. The van der Waals surface area contributed by atoms with E-state index < -0.39 is 0 Å². The first-order chi connectivity index (χ1) is 17.0. The van der Waals surface area contributed by atoms with Crippen LogP contribution in [0.2, 0.25) is 0 Å². The minimum atomic E-state index is -0.331. The molecule has 0 unspecified atom stereocenters. The summed E-state index contributed by atoms with van der Waals surface area (Å²) in [5, 5.41) is 2.90. The summed E-state index contributed by atoms with van der Waals surface area (Å²) >= 11 is 0. The Morgan fingerprint density at radius 2 is 1.57 bits per heavy atom. The van der Waals surface area contributed by atoms with Crippen LogP contribution in [0.4, 0.5) is 5.69 Å². The van der Waals surface area contributed by atoms with Crippen molar-refractivity contribution < 1.29 is 23.5 Å². The quantitative estimate of drug-likeness (QED) is 0.202. The minimum Gasteiger partial charge on any atom is -0.493 e. The van der Waals surface area contributed by atoms with Gasteiger partial charge in [0.1, 0.15) is 18.9 Å². The number of ether oxygens (including phenoxy) is 2. The molecule has 0 aliphatic carbocycles. The van der Waals surface area contributed by atoms with E-state index in [1.54, 1.807) is 30.3 Å². The number of carbonyl (C=O) groups is 2. The number of quaternary nitrogens is 1. The van der Waals surface area contributed by atoms with Crippen molar-refractivity contribution in [3.05, 3.63) is 59.7 Å². The zero-order valence-electron chi connectivity index (χ0n) is 21.4. The number of hydrogen-bond donors (Lipinski definition) is 1. The predicted molar refractivity (Wildman–Crippen MR) is 140 cm³/mol. The van der Waals surface area contributed by atoms with Crippen molar-refractivity contribution in [3.8, 4) is 5.75 Å². The highest BCUT2D eigenvalue weighted by Gasteiger charge is 2.26. The summed E-state index contributed by atoms with van der Waals surface area (Å²) in [5.41, 5.74) is 1.60. The number of rotatable bonds is 14. The second kappa shape index (κ2) is 13.9. The van der Waals surface area contributed by atoms with Crippen LogP contribution >= 0.6 is 0 Å². The molecule has 1 aliphatic rings. The van der Waals surface area contributed by atoms with Gasteiger partial charge in [-0.1, -0.05) is 51.2 Å². The average Bonchev–Trinajstić information content (AvgIpc) is 3.30. The van der Waals surface area contributed by atoms with Crippen LogP contribution in [-0.4, -0.2) is 56.3 Å². The summed E-state index contributed by atoms with van der Waals surface area (Å²) in [6, 6.07) is 14.1. The van der Waals surface area contributed by atoms with Gasteiger partial charge in [0, 0.05) is 18.5 Å². The molecule has 1 saturated heterocycles. The molecule has 1 heterocycles. The largest absolute Gasteiger partial charge is 0.493 e. The number of nitrogens with zero attached hydrogens (tertiary/aromatic N) is 1. The van der Waals surface area contributed by atoms with Gasteiger partial charge in [-0.3, -0.25) is 4.79 Å². The van der Waals surface area contributed by atoms with E-state index in [-0.39, 0.29) is 11.9 Å². The van der Waals surface area contributed by atoms with Crippen molar-refractivity contribution >= 4 is 17.6 Å². The molecular weight excluding hydrogens is 440 g/mol. The van der Waals surface area contributed by atoms with Gasteiger partial charge >= 0.3 is 5.97 Å². The molecule has 0 spiro atoms. The van der Waals surface area contributed by atoms with Crippen molar-refractivity contribution in [3.63, 3.8) is 0 Å². The molecule has 2 aromatic carbocycles. The maximum absolute atomic E-state index is 12.9. The number of para-hydroxylation sites is 1. The van der Waals surface area contributed by atoms with Crippen LogP contribution in [0.15, 0.2) is 48.5 Å². The lowest BCUT2D eigenvalue weighted by atomic mass is 10.1. The number of esters is 1. The second-order valence-electron chi connectivity index (χ2n) is 9.78. The van der Waals surface area contributed by atoms with Crippen LogP contribution in [0, 0.1) is 0 Å². The first-order valence-electron chi connectivity index (χ1n) is 13.1. The van der Waals surface area contributed by atoms with Crippen LogP contribution < -0.4 is 10.1 Å². The monoisotopic (exact) mass is 481 g/mol. The lowest BCUT2D eigenvalue weighted by molar-refractivity contribution is -0.897. The number of nitrogens with one attached hydrogen (secondary N) is 1. The van der Waals surface area contributed by atoms with Gasteiger partial charge in [-0.15, -0.1) is 0 Å². The molecule has 1 amide bonds. The normalized spacial score (nSPS) is 14.5. The smallest absolute Gasteiger partial charge is 0.338 e. The predicted octanol–water partition coefficient (Wildman–Crippen LogP) is 6.08. The summed E-state index contributed by atoms with van der Waals surface area (Å²) in [6.07, 6.45) is 9.62. The molecule has 0 saturated carbocycles.